The van der Waals surface area contributed by atoms with Crippen molar-refractivity contribution in [2.75, 3.05) is 0 Å². The zero-order valence-corrected chi connectivity index (χ0v) is 10.7. The van der Waals surface area contributed by atoms with Crippen LogP contribution in [0, 0.1) is 0 Å². The third kappa shape index (κ3) is 2.78. The molecule has 88 valence electrons. The highest BCUT2D eigenvalue weighted by Gasteiger charge is 2.38. The van der Waals surface area contributed by atoms with E-state index in [0.717, 1.165) is 24.3 Å². The molecule has 1 saturated heterocycles. The molecule has 1 aliphatic heterocycles. The normalized spacial score (nSPS) is 25.4. The van der Waals surface area contributed by atoms with Gasteiger partial charge in [0, 0.05) is 5.02 Å². The van der Waals surface area contributed by atoms with Crippen LogP contribution in [0.25, 0.3) is 0 Å². The number of benzene rings is 1. The van der Waals surface area contributed by atoms with Crippen LogP contribution in [0.2, 0.25) is 5.02 Å². The van der Waals surface area contributed by atoms with E-state index < -0.39 is 0 Å². The lowest BCUT2D eigenvalue weighted by Gasteiger charge is -2.14. The van der Waals surface area contributed by atoms with Crippen LogP contribution in [0.5, 0.6) is 0 Å². The highest BCUT2D eigenvalue weighted by atomic mass is 35.5. The minimum absolute atomic E-state index is 0.480. The fourth-order valence-electron chi connectivity index (χ4n) is 2.33. The van der Waals surface area contributed by atoms with Crippen LogP contribution >= 0.6 is 11.6 Å². The molecule has 0 bridgehead atoms. The predicted octanol–water partition coefficient (Wildman–Crippen LogP) is 4.40. The molecule has 1 heterocycles. The summed E-state index contributed by atoms with van der Waals surface area (Å²) in [6, 6.07) is 8.22. The summed E-state index contributed by atoms with van der Waals surface area (Å²) in [5.41, 5.74) is 1.35. The Bertz CT molecular complexity index is 350. The van der Waals surface area contributed by atoms with Gasteiger partial charge in [-0.15, -0.1) is 0 Å². The second kappa shape index (κ2) is 5.20. The molecule has 3 atom stereocenters. The first-order valence-corrected chi connectivity index (χ1v) is 6.53. The summed E-state index contributed by atoms with van der Waals surface area (Å²) in [4.78, 5) is 0. The molecule has 2 heteroatoms. The van der Waals surface area contributed by atoms with Crippen molar-refractivity contribution in [3.8, 4) is 0 Å². The summed E-state index contributed by atoms with van der Waals surface area (Å²) in [6.45, 7) is 4.42. The smallest absolute Gasteiger partial charge is 0.0847 e. The zero-order chi connectivity index (χ0) is 11.5. The molecule has 3 unspecified atom stereocenters. The van der Waals surface area contributed by atoms with Crippen molar-refractivity contribution in [3.63, 3.8) is 0 Å². The average Bonchev–Trinajstić information content (AvgIpc) is 3.04. The lowest BCUT2D eigenvalue weighted by atomic mass is 9.91. The fraction of sp³-hybridized carbons (Fsp3) is 0.571. The molecule has 1 aliphatic rings. The van der Waals surface area contributed by atoms with Crippen molar-refractivity contribution in [1.82, 2.24) is 0 Å². The van der Waals surface area contributed by atoms with Gasteiger partial charge in [-0.25, -0.2) is 0 Å². The van der Waals surface area contributed by atoms with Gasteiger partial charge in [-0.1, -0.05) is 37.6 Å². The van der Waals surface area contributed by atoms with Crippen LogP contribution in [0.3, 0.4) is 0 Å². The number of hydrogen-bond acceptors (Lipinski definition) is 1. The first-order valence-electron chi connectivity index (χ1n) is 6.15. The molecule has 0 saturated carbocycles. The van der Waals surface area contributed by atoms with Crippen LogP contribution in [0.4, 0.5) is 0 Å². The van der Waals surface area contributed by atoms with E-state index in [1.807, 2.05) is 12.1 Å². The highest BCUT2D eigenvalue weighted by Crippen LogP contribution is 2.36. The van der Waals surface area contributed by atoms with E-state index in [9.17, 15) is 0 Å². The van der Waals surface area contributed by atoms with Crippen molar-refractivity contribution < 1.29 is 4.74 Å². The Morgan fingerprint density at radius 1 is 1.31 bits per heavy atom. The first-order chi connectivity index (χ1) is 7.74. The molecule has 0 aromatic heterocycles. The van der Waals surface area contributed by atoms with Crippen molar-refractivity contribution in [2.45, 2.75) is 51.2 Å². The molecule has 1 aromatic rings. The van der Waals surface area contributed by atoms with Gasteiger partial charge >= 0.3 is 0 Å². The number of rotatable bonds is 5. The van der Waals surface area contributed by atoms with E-state index in [2.05, 4.69) is 26.0 Å². The molecule has 0 aliphatic carbocycles. The van der Waals surface area contributed by atoms with Crippen molar-refractivity contribution in [3.05, 3.63) is 34.9 Å². The standard InChI is InChI=1S/C14H19ClO/c1-3-10(9-14-13(4-2)16-14)11-6-5-7-12(15)8-11/h5-8,10,13-14H,3-4,9H2,1-2H3. The van der Waals surface area contributed by atoms with Crippen LogP contribution < -0.4 is 0 Å². The molecule has 0 radical (unpaired) electrons. The maximum absolute atomic E-state index is 6.02. The largest absolute Gasteiger partial charge is 0.370 e. The van der Waals surface area contributed by atoms with Crippen LogP contribution in [0.15, 0.2) is 24.3 Å². The minimum Gasteiger partial charge on any atom is -0.370 e. The molecule has 0 amide bonds. The Morgan fingerprint density at radius 2 is 2.12 bits per heavy atom. The maximum atomic E-state index is 6.02. The summed E-state index contributed by atoms with van der Waals surface area (Å²) in [5, 5.41) is 0.833. The van der Waals surface area contributed by atoms with Gasteiger partial charge in [0.25, 0.3) is 0 Å². The second-order valence-corrected chi connectivity index (χ2v) is 4.95. The Balaban J connectivity index is 2.00. The Labute approximate surface area is 103 Å². The quantitative estimate of drug-likeness (QED) is 0.693. The minimum atomic E-state index is 0.480. The highest BCUT2D eigenvalue weighted by molar-refractivity contribution is 6.30. The predicted molar refractivity (Wildman–Crippen MR) is 68.1 cm³/mol. The lowest BCUT2D eigenvalue weighted by Crippen LogP contribution is -2.03. The van der Waals surface area contributed by atoms with Gasteiger partial charge in [0.1, 0.15) is 0 Å². The van der Waals surface area contributed by atoms with E-state index in [4.69, 9.17) is 16.3 Å². The van der Waals surface area contributed by atoms with Gasteiger partial charge in [0.2, 0.25) is 0 Å². The molecular weight excluding hydrogens is 220 g/mol. The number of hydrogen-bond donors (Lipinski definition) is 0. The molecule has 2 rings (SSSR count). The zero-order valence-electron chi connectivity index (χ0n) is 9.95. The molecule has 1 aromatic carbocycles. The Morgan fingerprint density at radius 3 is 2.69 bits per heavy atom. The molecule has 0 N–H and O–H groups in total. The molecular formula is C14H19ClO. The third-order valence-corrected chi connectivity index (χ3v) is 3.65. The monoisotopic (exact) mass is 238 g/mol. The van der Waals surface area contributed by atoms with Gasteiger partial charge in [-0.2, -0.15) is 0 Å². The summed E-state index contributed by atoms with van der Waals surface area (Å²) in [7, 11) is 0. The number of ether oxygens (including phenoxy) is 1. The van der Waals surface area contributed by atoms with Gasteiger partial charge in [0.15, 0.2) is 0 Å². The molecule has 1 nitrogen and oxygen atoms in total. The van der Waals surface area contributed by atoms with E-state index >= 15 is 0 Å². The molecule has 16 heavy (non-hydrogen) atoms. The van der Waals surface area contributed by atoms with E-state index in [1.165, 1.54) is 5.56 Å². The van der Waals surface area contributed by atoms with Gasteiger partial charge in [0.05, 0.1) is 12.2 Å². The molecule has 1 fully saturated rings. The number of epoxide rings is 1. The summed E-state index contributed by atoms with van der Waals surface area (Å²) < 4.78 is 5.62. The second-order valence-electron chi connectivity index (χ2n) is 4.52. The van der Waals surface area contributed by atoms with Gasteiger partial charge < -0.3 is 4.74 Å². The fourth-order valence-corrected chi connectivity index (χ4v) is 2.52. The lowest BCUT2D eigenvalue weighted by molar-refractivity contribution is 0.349. The number of halogens is 1. The topological polar surface area (TPSA) is 12.5 Å². The van der Waals surface area contributed by atoms with Gasteiger partial charge in [-0.3, -0.25) is 0 Å². The van der Waals surface area contributed by atoms with Crippen molar-refractivity contribution in [1.29, 1.82) is 0 Å². The third-order valence-electron chi connectivity index (χ3n) is 3.42. The van der Waals surface area contributed by atoms with Crippen molar-refractivity contribution in [2.24, 2.45) is 0 Å². The van der Waals surface area contributed by atoms with E-state index in [0.29, 0.717) is 18.1 Å². The van der Waals surface area contributed by atoms with E-state index in [1.54, 1.807) is 0 Å². The SMILES string of the molecule is CCC(CC1OC1CC)c1cccc(Cl)c1. The van der Waals surface area contributed by atoms with Crippen molar-refractivity contribution >= 4 is 11.6 Å². The van der Waals surface area contributed by atoms with Crippen LogP contribution in [0.1, 0.15) is 44.6 Å². The van der Waals surface area contributed by atoms with Crippen LogP contribution in [-0.2, 0) is 4.74 Å². The molecule has 0 spiro atoms. The summed E-state index contributed by atoms with van der Waals surface area (Å²) in [6.07, 6.45) is 4.41. The van der Waals surface area contributed by atoms with Crippen LogP contribution in [-0.4, -0.2) is 12.2 Å². The Hall–Kier alpha value is -0.530. The summed E-state index contributed by atoms with van der Waals surface area (Å²) >= 11 is 6.02. The maximum Gasteiger partial charge on any atom is 0.0847 e. The summed E-state index contributed by atoms with van der Waals surface area (Å²) in [5.74, 6) is 0.584. The first kappa shape index (κ1) is 11.9. The van der Waals surface area contributed by atoms with Gasteiger partial charge in [-0.05, 0) is 42.9 Å². The Kier molecular flexibility index (Phi) is 3.88. The van der Waals surface area contributed by atoms with E-state index in [-0.39, 0.29) is 0 Å². The average molecular weight is 239 g/mol.